The topological polar surface area (TPSA) is 55.6 Å². The fourth-order valence-corrected chi connectivity index (χ4v) is 3.25. The van der Waals surface area contributed by atoms with Gasteiger partial charge in [-0.3, -0.25) is 4.79 Å². The summed E-state index contributed by atoms with van der Waals surface area (Å²) in [6.45, 7) is 12.2. The number of nitrogens with two attached hydrogens (primary N) is 1. The quantitative estimate of drug-likeness (QED) is 0.793. The fourth-order valence-electron chi connectivity index (χ4n) is 3.25. The number of rotatable bonds is 5. The van der Waals surface area contributed by atoms with E-state index >= 15 is 0 Å². The van der Waals surface area contributed by atoms with Crippen LogP contribution in [0, 0.1) is 11.3 Å². The second-order valence-corrected chi connectivity index (χ2v) is 7.85. The van der Waals surface area contributed by atoms with Gasteiger partial charge in [0.1, 0.15) is 5.54 Å². The maximum Gasteiger partial charge on any atom is 0.325 e. The Balaban J connectivity index is 2.35. The van der Waals surface area contributed by atoms with Gasteiger partial charge in [0.15, 0.2) is 0 Å². The first-order chi connectivity index (χ1) is 9.66. The molecule has 0 amide bonds. The monoisotopic (exact) mass is 298 g/mol. The maximum absolute atomic E-state index is 11.6. The molecule has 1 heterocycles. The fraction of sp³-hybridized carbons (Fsp3) is 0.941. The number of carbonyl (C=O) groups is 1. The standard InChI is InChI=1S/C17H34N2O2/c1-16(2,3)14-8-6-11-19(13-9-14)12-7-10-17(4,18)15(20)21-5/h14H,6-13,18H2,1-5H3. The maximum atomic E-state index is 11.6. The van der Waals surface area contributed by atoms with Crippen molar-refractivity contribution in [1.29, 1.82) is 0 Å². The average molecular weight is 298 g/mol. The van der Waals surface area contributed by atoms with Gasteiger partial charge in [-0.25, -0.2) is 0 Å². The zero-order chi connectivity index (χ0) is 16.1. The van der Waals surface area contributed by atoms with Gasteiger partial charge in [0.05, 0.1) is 7.11 Å². The first kappa shape index (κ1) is 18.4. The van der Waals surface area contributed by atoms with Crippen LogP contribution < -0.4 is 5.73 Å². The molecule has 4 nitrogen and oxygen atoms in total. The van der Waals surface area contributed by atoms with Gasteiger partial charge in [0.2, 0.25) is 0 Å². The minimum atomic E-state index is -0.853. The van der Waals surface area contributed by atoms with E-state index < -0.39 is 5.54 Å². The Hall–Kier alpha value is -0.610. The predicted molar refractivity (Wildman–Crippen MR) is 87.1 cm³/mol. The van der Waals surface area contributed by atoms with E-state index in [9.17, 15) is 4.79 Å². The van der Waals surface area contributed by atoms with Crippen molar-refractivity contribution < 1.29 is 9.53 Å². The molecule has 4 heteroatoms. The van der Waals surface area contributed by atoms with E-state index in [0.717, 1.165) is 18.9 Å². The smallest absolute Gasteiger partial charge is 0.325 e. The zero-order valence-corrected chi connectivity index (χ0v) is 14.6. The molecule has 2 atom stereocenters. The van der Waals surface area contributed by atoms with E-state index in [1.807, 2.05) is 0 Å². The molecule has 21 heavy (non-hydrogen) atoms. The van der Waals surface area contributed by atoms with Crippen molar-refractivity contribution in [3.05, 3.63) is 0 Å². The molecule has 0 saturated carbocycles. The molecule has 1 fully saturated rings. The number of esters is 1. The molecule has 0 aromatic carbocycles. The molecule has 0 aromatic rings. The summed E-state index contributed by atoms with van der Waals surface area (Å²) in [4.78, 5) is 14.1. The highest BCUT2D eigenvalue weighted by Gasteiger charge is 2.30. The van der Waals surface area contributed by atoms with Crippen molar-refractivity contribution in [2.45, 2.75) is 65.3 Å². The van der Waals surface area contributed by atoms with E-state index in [1.165, 1.54) is 39.5 Å². The molecule has 124 valence electrons. The number of carbonyl (C=O) groups excluding carboxylic acids is 1. The lowest BCUT2D eigenvalue weighted by molar-refractivity contribution is -0.146. The summed E-state index contributed by atoms with van der Waals surface area (Å²) in [6, 6.07) is 0. The number of methoxy groups -OCH3 is 1. The summed E-state index contributed by atoms with van der Waals surface area (Å²) in [6.07, 6.45) is 5.51. The van der Waals surface area contributed by atoms with Crippen molar-refractivity contribution in [2.24, 2.45) is 17.1 Å². The van der Waals surface area contributed by atoms with Gasteiger partial charge in [-0.15, -0.1) is 0 Å². The molecule has 0 aliphatic carbocycles. The van der Waals surface area contributed by atoms with E-state index in [1.54, 1.807) is 6.92 Å². The molecule has 1 rings (SSSR count). The third-order valence-corrected chi connectivity index (χ3v) is 4.87. The molecule has 2 unspecified atom stereocenters. The van der Waals surface area contributed by atoms with Crippen molar-refractivity contribution in [1.82, 2.24) is 4.90 Å². The van der Waals surface area contributed by atoms with Crippen LogP contribution in [0.4, 0.5) is 0 Å². The summed E-state index contributed by atoms with van der Waals surface area (Å²) in [5, 5.41) is 0. The highest BCUT2D eigenvalue weighted by Crippen LogP contribution is 2.34. The lowest BCUT2D eigenvalue weighted by Crippen LogP contribution is -2.46. The Kier molecular flexibility index (Phi) is 6.67. The Bertz CT molecular complexity index is 334. The number of nitrogens with zero attached hydrogens (tertiary/aromatic N) is 1. The highest BCUT2D eigenvalue weighted by molar-refractivity contribution is 5.79. The van der Waals surface area contributed by atoms with E-state index in [2.05, 4.69) is 25.7 Å². The summed E-state index contributed by atoms with van der Waals surface area (Å²) in [7, 11) is 1.40. The van der Waals surface area contributed by atoms with Crippen LogP contribution in [0.25, 0.3) is 0 Å². The lowest BCUT2D eigenvalue weighted by atomic mass is 9.77. The van der Waals surface area contributed by atoms with Gasteiger partial charge in [0.25, 0.3) is 0 Å². The molecule has 1 aliphatic rings. The van der Waals surface area contributed by atoms with Crippen LogP contribution in [0.5, 0.6) is 0 Å². The Morgan fingerprint density at radius 2 is 1.90 bits per heavy atom. The van der Waals surface area contributed by atoms with Crippen LogP contribution in [0.15, 0.2) is 0 Å². The van der Waals surface area contributed by atoms with Crippen molar-refractivity contribution in [2.75, 3.05) is 26.7 Å². The first-order valence-corrected chi connectivity index (χ1v) is 8.26. The Labute approximate surface area is 130 Å². The average Bonchev–Trinajstić information content (AvgIpc) is 2.62. The van der Waals surface area contributed by atoms with Gasteiger partial charge in [-0.05, 0) is 70.0 Å². The molecular formula is C17H34N2O2. The van der Waals surface area contributed by atoms with Crippen molar-refractivity contribution >= 4 is 5.97 Å². The Morgan fingerprint density at radius 1 is 1.24 bits per heavy atom. The van der Waals surface area contributed by atoms with Gasteiger partial charge in [-0.2, -0.15) is 0 Å². The van der Waals surface area contributed by atoms with Crippen LogP contribution in [0.1, 0.15) is 59.8 Å². The number of ether oxygens (including phenoxy) is 1. The van der Waals surface area contributed by atoms with Crippen LogP contribution in [-0.4, -0.2) is 43.2 Å². The molecule has 0 bridgehead atoms. The van der Waals surface area contributed by atoms with Crippen molar-refractivity contribution in [3.63, 3.8) is 0 Å². The summed E-state index contributed by atoms with van der Waals surface area (Å²) >= 11 is 0. The van der Waals surface area contributed by atoms with E-state index in [-0.39, 0.29) is 5.97 Å². The molecule has 2 N–H and O–H groups in total. The van der Waals surface area contributed by atoms with Crippen molar-refractivity contribution in [3.8, 4) is 0 Å². The molecule has 0 spiro atoms. The minimum Gasteiger partial charge on any atom is -0.468 e. The molecule has 1 saturated heterocycles. The van der Waals surface area contributed by atoms with Crippen LogP contribution in [0.2, 0.25) is 0 Å². The summed E-state index contributed by atoms with van der Waals surface area (Å²) in [5.41, 5.74) is 5.56. The van der Waals surface area contributed by atoms with Crippen LogP contribution in [-0.2, 0) is 9.53 Å². The van der Waals surface area contributed by atoms with Crippen LogP contribution in [0.3, 0.4) is 0 Å². The third-order valence-electron chi connectivity index (χ3n) is 4.87. The summed E-state index contributed by atoms with van der Waals surface area (Å²) in [5.74, 6) is 0.503. The zero-order valence-electron chi connectivity index (χ0n) is 14.6. The van der Waals surface area contributed by atoms with E-state index in [4.69, 9.17) is 10.5 Å². The van der Waals surface area contributed by atoms with Gasteiger partial charge in [-0.1, -0.05) is 20.8 Å². The normalized spacial score (nSPS) is 24.2. The SMILES string of the molecule is COC(=O)C(C)(N)CCCN1CCCC(C(C)(C)C)CC1. The van der Waals surface area contributed by atoms with Crippen LogP contribution >= 0.6 is 0 Å². The predicted octanol–water partition coefficient (Wildman–Crippen LogP) is 2.81. The van der Waals surface area contributed by atoms with Gasteiger partial charge < -0.3 is 15.4 Å². The molecular weight excluding hydrogens is 264 g/mol. The van der Waals surface area contributed by atoms with Gasteiger partial charge in [0, 0.05) is 0 Å². The van der Waals surface area contributed by atoms with Gasteiger partial charge >= 0.3 is 5.97 Å². The first-order valence-electron chi connectivity index (χ1n) is 8.26. The number of likely N-dealkylation sites (tertiary alicyclic amines) is 1. The highest BCUT2D eigenvalue weighted by atomic mass is 16.5. The van der Waals surface area contributed by atoms with E-state index in [0.29, 0.717) is 11.8 Å². The summed E-state index contributed by atoms with van der Waals surface area (Å²) < 4.78 is 4.75. The lowest BCUT2D eigenvalue weighted by Gasteiger charge is -2.30. The second-order valence-electron chi connectivity index (χ2n) is 7.85. The number of hydrogen-bond acceptors (Lipinski definition) is 4. The molecule has 0 aromatic heterocycles. The molecule has 0 radical (unpaired) electrons. The Morgan fingerprint density at radius 3 is 2.48 bits per heavy atom. The minimum absolute atomic E-state index is 0.314. The largest absolute Gasteiger partial charge is 0.468 e. The molecule has 1 aliphatic heterocycles. The number of hydrogen-bond donors (Lipinski definition) is 1. The second kappa shape index (κ2) is 7.59. The third kappa shape index (κ3) is 5.95.